The third-order valence-corrected chi connectivity index (χ3v) is 3.33. The van der Waals surface area contributed by atoms with E-state index in [1.54, 1.807) is 12.1 Å². The molecular formula is C15H9ClF3NO. The summed E-state index contributed by atoms with van der Waals surface area (Å²) in [6.07, 6.45) is -4.36. The van der Waals surface area contributed by atoms with E-state index in [1.165, 1.54) is 12.1 Å². The van der Waals surface area contributed by atoms with E-state index in [-0.39, 0.29) is 5.89 Å². The number of hydrogen-bond acceptors (Lipinski definition) is 2. The number of hydrogen-bond donors (Lipinski definition) is 0. The van der Waals surface area contributed by atoms with Gasteiger partial charge in [0.2, 0.25) is 5.89 Å². The molecule has 0 fully saturated rings. The maximum Gasteiger partial charge on any atom is 0.416 e. The molecule has 0 aliphatic carbocycles. The molecule has 21 heavy (non-hydrogen) atoms. The lowest BCUT2D eigenvalue weighted by molar-refractivity contribution is -0.137. The maximum absolute atomic E-state index is 12.5. The number of oxazole rings is 1. The number of halogens is 4. The standard InChI is InChI=1S/C15H9ClF3NO/c1-8-6-11(16)13-12(7-8)20-14(21-13)9-2-4-10(5-3-9)15(17,18)19/h2-7H,1H3. The van der Waals surface area contributed by atoms with E-state index < -0.39 is 11.7 Å². The number of benzene rings is 2. The van der Waals surface area contributed by atoms with Gasteiger partial charge in [-0.1, -0.05) is 11.6 Å². The van der Waals surface area contributed by atoms with Crippen LogP contribution in [0.15, 0.2) is 40.8 Å². The monoisotopic (exact) mass is 311 g/mol. The Morgan fingerprint density at radius 3 is 2.38 bits per heavy atom. The molecule has 1 aromatic heterocycles. The molecule has 0 unspecified atom stereocenters. The molecule has 0 saturated heterocycles. The zero-order chi connectivity index (χ0) is 15.2. The topological polar surface area (TPSA) is 26.0 Å². The van der Waals surface area contributed by atoms with Crippen molar-refractivity contribution in [2.24, 2.45) is 0 Å². The SMILES string of the molecule is Cc1cc(Cl)c2oc(-c3ccc(C(F)(F)F)cc3)nc2c1. The van der Waals surface area contributed by atoms with Gasteiger partial charge in [-0.05, 0) is 48.9 Å². The molecule has 108 valence electrons. The van der Waals surface area contributed by atoms with Gasteiger partial charge in [-0.15, -0.1) is 0 Å². The van der Waals surface area contributed by atoms with E-state index in [1.807, 2.05) is 6.92 Å². The van der Waals surface area contributed by atoms with Crippen molar-refractivity contribution >= 4 is 22.7 Å². The Balaban J connectivity index is 2.06. The first-order chi connectivity index (χ1) is 9.84. The Morgan fingerprint density at radius 2 is 1.76 bits per heavy atom. The Bertz CT molecular complexity index is 806. The first-order valence-electron chi connectivity index (χ1n) is 6.09. The zero-order valence-corrected chi connectivity index (χ0v) is 11.6. The fraction of sp³-hybridized carbons (Fsp3) is 0.133. The van der Waals surface area contributed by atoms with Gasteiger partial charge in [0.15, 0.2) is 5.58 Å². The van der Waals surface area contributed by atoms with Crippen molar-refractivity contribution in [1.29, 1.82) is 0 Å². The van der Waals surface area contributed by atoms with E-state index >= 15 is 0 Å². The molecule has 0 amide bonds. The summed E-state index contributed by atoms with van der Waals surface area (Å²) in [4.78, 5) is 4.26. The third kappa shape index (κ3) is 2.61. The van der Waals surface area contributed by atoms with Gasteiger partial charge in [0.05, 0.1) is 10.6 Å². The summed E-state index contributed by atoms with van der Waals surface area (Å²) < 4.78 is 43.1. The van der Waals surface area contributed by atoms with Crippen LogP contribution in [0.4, 0.5) is 13.2 Å². The average molecular weight is 312 g/mol. The molecule has 0 aliphatic heterocycles. The highest BCUT2D eigenvalue weighted by Crippen LogP contribution is 2.33. The largest absolute Gasteiger partial charge is 0.435 e. The van der Waals surface area contributed by atoms with E-state index in [4.69, 9.17) is 16.0 Å². The van der Waals surface area contributed by atoms with Gasteiger partial charge >= 0.3 is 6.18 Å². The summed E-state index contributed by atoms with van der Waals surface area (Å²) in [6, 6.07) is 8.20. The molecule has 1 heterocycles. The molecule has 0 bridgehead atoms. The second-order valence-electron chi connectivity index (χ2n) is 4.69. The molecule has 6 heteroatoms. The van der Waals surface area contributed by atoms with Crippen LogP contribution in [0.2, 0.25) is 5.02 Å². The quantitative estimate of drug-likeness (QED) is 0.595. The van der Waals surface area contributed by atoms with Crippen LogP contribution in [-0.4, -0.2) is 4.98 Å². The first-order valence-corrected chi connectivity index (χ1v) is 6.47. The zero-order valence-electron chi connectivity index (χ0n) is 10.8. The Morgan fingerprint density at radius 1 is 1.10 bits per heavy atom. The summed E-state index contributed by atoms with van der Waals surface area (Å²) in [7, 11) is 0. The highest BCUT2D eigenvalue weighted by atomic mass is 35.5. The molecule has 2 aromatic carbocycles. The molecule has 3 aromatic rings. The van der Waals surface area contributed by atoms with E-state index in [0.717, 1.165) is 17.7 Å². The van der Waals surface area contributed by atoms with Crippen LogP contribution in [0.5, 0.6) is 0 Å². The normalized spacial score (nSPS) is 12.0. The van der Waals surface area contributed by atoms with Crippen molar-refractivity contribution < 1.29 is 17.6 Å². The van der Waals surface area contributed by atoms with E-state index in [2.05, 4.69) is 4.98 Å². The summed E-state index contributed by atoms with van der Waals surface area (Å²) >= 11 is 6.07. The van der Waals surface area contributed by atoms with Crippen LogP contribution in [0.3, 0.4) is 0 Å². The average Bonchev–Trinajstić information content (AvgIpc) is 2.82. The van der Waals surface area contributed by atoms with Crippen LogP contribution < -0.4 is 0 Å². The molecule has 0 spiro atoms. The molecule has 0 atom stereocenters. The lowest BCUT2D eigenvalue weighted by Crippen LogP contribution is -2.03. The minimum absolute atomic E-state index is 0.242. The highest BCUT2D eigenvalue weighted by molar-refractivity contribution is 6.34. The third-order valence-electron chi connectivity index (χ3n) is 3.05. The summed E-state index contributed by atoms with van der Waals surface area (Å²) in [5.41, 5.74) is 1.69. The van der Waals surface area contributed by atoms with Gasteiger partial charge in [0.25, 0.3) is 0 Å². The predicted molar refractivity (Wildman–Crippen MR) is 74.2 cm³/mol. The van der Waals surface area contributed by atoms with Gasteiger partial charge in [0.1, 0.15) is 5.52 Å². The smallest absolute Gasteiger partial charge is 0.416 e. The molecule has 0 radical (unpaired) electrons. The van der Waals surface area contributed by atoms with E-state index in [0.29, 0.717) is 21.7 Å². The molecular weight excluding hydrogens is 303 g/mol. The van der Waals surface area contributed by atoms with Gasteiger partial charge in [-0.2, -0.15) is 13.2 Å². The van der Waals surface area contributed by atoms with Crippen LogP contribution >= 0.6 is 11.6 Å². The predicted octanol–water partition coefficient (Wildman–Crippen LogP) is 5.48. The lowest BCUT2D eigenvalue weighted by atomic mass is 10.1. The van der Waals surface area contributed by atoms with Crippen molar-refractivity contribution in [2.45, 2.75) is 13.1 Å². The lowest BCUT2D eigenvalue weighted by Gasteiger charge is -2.05. The van der Waals surface area contributed by atoms with Crippen molar-refractivity contribution in [1.82, 2.24) is 4.98 Å². The van der Waals surface area contributed by atoms with E-state index in [9.17, 15) is 13.2 Å². The Hall–Kier alpha value is -2.01. The van der Waals surface area contributed by atoms with Gasteiger partial charge in [0, 0.05) is 5.56 Å². The highest BCUT2D eigenvalue weighted by Gasteiger charge is 2.30. The van der Waals surface area contributed by atoms with Crippen LogP contribution in [0.25, 0.3) is 22.6 Å². The molecule has 0 saturated carbocycles. The molecule has 0 aliphatic rings. The van der Waals surface area contributed by atoms with Crippen LogP contribution in [-0.2, 0) is 6.18 Å². The summed E-state index contributed by atoms with van der Waals surface area (Å²) in [5.74, 6) is 0.242. The molecule has 2 nitrogen and oxygen atoms in total. The summed E-state index contributed by atoms with van der Waals surface area (Å²) in [5, 5.41) is 0.427. The first kappa shape index (κ1) is 13.9. The minimum atomic E-state index is -4.36. The van der Waals surface area contributed by atoms with Crippen molar-refractivity contribution in [3.05, 3.63) is 52.5 Å². The number of aromatic nitrogens is 1. The number of nitrogens with zero attached hydrogens (tertiary/aromatic N) is 1. The summed E-state index contributed by atoms with van der Waals surface area (Å²) in [6.45, 7) is 1.87. The Labute approximate surface area is 123 Å². The number of fused-ring (bicyclic) bond motifs is 1. The van der Waals surface area contributed by atoms with Gasteiger partial charge in [-0.25, -0.2) is 4.98 Å². The number of rotatable bonds is 1. The van der Waals surface area contributed by atoms with Crippen molar-refractivity contribution in [3.8, 4) is 11.5 Å². The van der Waals surface area contributed by atoms with Crippen LogP contribution in [0, 0.1) is 6.92 Å². The maximum atomic E-state index is 12.5. The number of alkyl halides is 3. The van der Waals surface area contributed by atoms with Crippen molar-refractivity contribution in [3.63, 3.8) is 0 Å². The van der Waals surface area contributed by atoms with Crippen molar-refractivity contribution in [2.75, 3.05) is 0 Å². The fourth-order valence-corrected chi connectivity index (χ4v) is 2.36. The van der Waals surface area contributed by atoms with Gasteiger partial charge < -0.3 is 4.42 Å². The fourth-order valence-electron chi connectivity index (χ4n) is 2.05. The molecule has 3 rings (SSSR count). The minimum Gasteiger partial charge on any atom is -0.435 e. The second kappa shape index (κ2) is 4.77. The Kier molecular flexibility index (Phi) is 3.17. The number of aryl methyl sites for hydroxylation is 1. The molecule has 0 N–H and O–H groups in total. The second-order valence-corrected chi connectivity index (χ2v) is 5.10. The van der Waals surface area contributed by atoms with Gasteiger partial charge in [-0.3, -0.25) is 0 Å². The van der Waals surface area contributed by atoms with Crippen LogP contribution in [0.1, 0.15) is 11.1 Å².